The van der Waals surface area contributed by atoms with Gasteiger partial charge in [0.15, 0.2) is 0 Å². The fourth-order valence-electron chi connectivity index (χ4n) is 2.26. The minimum atomic E-state index is 0.872. The molecule has 2 aromatic heterocycles. The van der Waals surface area contributed by atoms with E-state index in [1.54, 1.807) is 12.4 Å². The zero-order valence-electron chi connectivity index (χ0n) is 11.3. The van der Waals surface area contributed by atoms with Crippen molar-refractivity contribution in [2.75, 3.05) is 7.05 Å². The summed E-state index contributed by atoms with van der Waals surface area (Å²) in [6.45, 7) is 5.20. The third-order valence-corrected chi connectivity index (χ3v) is 3.10. The molecule has 0 saturated heterocycles. The number of hydrogen-bond donors (Lipinski definition) is 1. The molecule has 0 atom stereocenters. The van der Waals surface area contributed by atoms with Crippen molar-refractivity contribution in [3.63, 3.8) is 0 Å². The van der Waals surface area contributed by atoms with E-state index in [1.807, 2.05) is 23.9 Å². The topological polar surface area (TPSA) is 42.7 Å². The van der Waals surface area contributed by atoms with Crippen molar-refractivity contribution in [3.8, 4) is 5.69 Å². The van der Waals surface area contributed by atoms with Gasteiger partial charge in [-0.3, -0.25) is 4.98 Å². The first-order valence-electron chi connectivity index (χ1n) is 6.46. The van der Waals surface area contributed by atoms with Crippen LogP contribution in [0.2, 0.25) is 0 Å². The maximum Gasteiger partial charge on any atom is 0.0679 e. The van der Waals surface area contributed by atoms with E-state index in [0.29, 0.717) is 0 Å². The Bertz CT molecular complexity index is 502. The van der Waals surface area contributed by atoms with Gasteiger partial charge in [-0.2, -0.15) is 5.10 Å². The standard InChI is InChI=1S/C14H20N4/c1-4-13-12(10-15-3)14(5-2)18(17-13)11-6-8-16-9-7-11/h6-9,15H,4-5,10H2,1-3H3. The van der Waals surface area contributed by atoms with Gasteiger partial charge in [0.2, 0.25) is 0 Å². The van der Waals surface area contributed by atoms with Gasteiger partial charge in [-0.25, -0.2) is 4.68 Å². The summed E-state index contributed by atoms with van der Waals surface area (Å²) in [7, 11) is 1.97. The highest BCUT2D eigenvalue weighted by Crippen LogP contribution is 2.19. The summed E-state index contributed by atoms with van der Waals surface area (Å²) >= 11 is 0. The van der Waals surface area contributed by atoms with Crippen LogP contribution in [0.3, 0.4) is 0 Å². The predicted octanol–water partition coefficient (Wildman–Crippen LogP) is 2.11. The molecule has 0 aliphatic rings. The number of rotatable bonds is 5. The minimum absolute atomic E-state index is 0.872. The molecule has 0 spiro atoms. The molecule has 0 aliphatic heterocycles. The fourth-order valence-corrected chi connectivity index (χ4v) is 2.26. The second-order valence-electron chi connectivity index (χ2n) is 4.23. The largest absolute Gasteiger partial charge is 0.316 e. The summed E-state index contributed by atoms with van der Waals surface area (Å²) in [5, 5.41) is 7.97. The summed E-state index contributed by atoms with van der Waals surface area (Å²) in [5.74, 6) is 0. The van der Waals surface area contributed by atoms with Crippen molar-refractivity contribution in [1.82, 2.24) is 20.1 Å². The summed E-state index contributed by atoms with van der Waals surface area (Å²) in [6.07, 6.45) is 5.55. The van der Waals surface area contributed by atoms with E-state index in [1.165, 1.54) is 17.0 Å². The van der Waals surface area contributed by atoms with Gasteiger partial charge in [-0.15, -0.1) is 0 Å². The number of nitrogens with one attached hydrogen (secondary N) is 1. The van der Waals surface area contributed by atoms with Gasteiger partial charge < -0.3 is 5.32 Å². The van der Waals surface area contributed by atoms with E-state index < -0.39 is 0 Å². The third-order valence-electron chi connectivity index (χ3n) is 3.10. The van der Waals surface area contributed by atoms with Crippen molar-refractivity contribution < 1.29 is 0 Å². The molecule has 18 heavy (non-hydrogen) atoms. The van der Waals surface area contributed by atoms with Crippen LogP contribution in [0.15, 0.2) is 24.5 Å². The minimum Gasteiger partial charge on any atom is -0.316 e. The van der Waals surface area contributed by atoms with E-state index >= 15 is 0 Å². The SMILES string of the molecule is CCc1nn(-c2ccncc2)c(CC)c1CNC. The maximum absolute atomic E-state index is 4.74. The van der Waals surface area contributed by atoms with Crippen molar-refractivity contribution in [2.45, 2.75) is 33.2 Å². The third kappa shape index (κ3) is 2.29. The summed E-state index contributed by atoms with van der Waals surface area (Å²) < 4.78 is 2.05. The Kier molecular flexibility index (Phi) is 4.10. The number of pyridine rings is 1. The highest BCUT2D eigenvalue weighted by atomic mass is 15.3. The van der Waals surface area contributed by atoms with Crippen LogP contribution in [0.5, 0.6) is 0 Å². The van der Waals surface area contributed by atoms with Gasteiger partial charge in [0.05, 0.1) is 11.4 Å². The summed E-state index contributed by atoms with van der Waals surface area (Å²) in [6, 6.07) is 3.99. The Labute approximate surface area is 108 Å². The smallest absolute Gasteiger partial charge is 0.0679 e. The molecule has 0 bridgehead atoms. The molecule has 4 heteroatoms. The van der Waals surface area contributed by atoms with Gasteiger partial charge in [0.1, 0.15) is 0 Å². The second-order valence-corrected chi connectivity index (χ2v) is 4.23. The van der Waals surface area contributed by atoms with E-state index in [2.05, 4.69) is 24.1 Å². The molecule has 0 unspecified atom stereocenters. The maximum atomic E-state index is 4.74. The first-order chi connectivity index (χ1) is 8.81. The predicted molar refractivity (Wildman–Crippen MR) is 72.9 cm³/mol. The van der Waals surface area contributed by atoms with E-state index in [9.17, 15) is 0 Å². The highest BCUT2D eigenvalue weighted by molar-refractivity contribution is 5.36. The zero-order chi connectivity index (χ0) is 13.0. The Hall–Kier alpha value is -1.68. The molecule has 1 N–H and O–H groups in total. The Balaban J connectivity index is 2.54. The quantitative estimate of drug-likeness (QED) is 0.876. The summed E-state index contributed by atoms with van der Waals surface area (Å²) in [4.78, 5) is 4.06. The molecule has 0 radical (unpaired) electrons. The van der Waals surface area contributed by atoms with Gasteiger partial charge >= 0.3 is 0 Å². The molecule has 2 aromatic rings. The van der Waals surface area contributed by atoms with Gasteiger partial charge in [-0.1, -0.05) is 13.8 Å². The van der Waals surface area contributed by atoms with Crippen molar-refractivity contribution in [2.24, 2.45) is 0 Å². The molecule has 0 amide bonds. The van der Waals surface area contributed by atoms with Crippen LogP contribution < -0.4 is 5.32 Å². The first-order valence-corrected chi connectivity index (χ1v) is 6.46. The summed E-state index contributed by atoms with van der Waals surface area (Å²) in [5.41, 5.74) is 4.88. The lowest BCUT2D eigenvalue weighted by atomic mass is 10.1. The lowest BCUT2D eigenvalue weighted by molar-refractivity contribution is 0.778. The van der Waals surface area contributed by atoms with E-state index in [0.717, 1.165) is 25.1 Å². The Morgan fingerprint density at radius 3 is 2.44 bits per heavy atom. The number of aromatic nitrogens is 3. The van der Waals surface area contributed by atoms with E-state index in [4.69, 9.17) is 5.10 Å². The average molecular weight is 244 g/mol. The number of nitrogens with zero attached hydrogens (tertiary/aromatic N) is 3. The molecular weight excluding hydrogens is 224 g/mol. The van der Waals surface area contributed by atoms with Crippen LogP contribution >= 0.6 is 0 Å². The molecule has 2 rings (SSSR count). The van der Waals surface area contributed by atoms with Crippen LogP contribution in [0.4, 0.5) is 0 Å². The fraction of sp³-hybridized carbons (Fsp3) is 0.429. The van der Waals surface area contributed by atoms with Crippen LogP contribution in [-0.2, 0) is 19.4 Å². The van der Waals surface area contributed by atoms with Crippen molar-refractivity contribution in [1.29, 1.82) is 0 Å². The zero-order valence-corrected chi connectivity index (χ0v) is 11.3. The highest BCUT2D eigenvalue weighted by Gasteiger charge is 2.15. The lowest BCUT2D eigenvalue weighted by Gasteiger charge is -2.07. The van der Waals surface area contributed by atoms with Crippen LogP contribution in [-0.4, -0.2) is 21.8 Å². The Morgan fingerprint density at radius 1 is 1.17 bits per heavy atom. The Morgan fingerprint density at radius 2 is 1.89 bits per heavy atom. The number of hydrogen-bond acceptors (Lipinski definition) is 3. The average Bonchev–Trinajstić information content (AvgIpc) is 2.78. The molecule has 96 valence electrons. The first kappa shape index (κ1) is 12.8. The molecule has 0 aliphatic carbocycles. The molecule has 0 aromatic carbocycles. The normalized spacial score (nSPS) is 10.8. The van der Waals surface area contributed by atoms with Crippen LogP contribution in [0, 0.1) is 0 Å². The molecule has 0 saturated carbocycles. The van der Waals surface area contributed by atoms with E-state index in [-0.39, 0.29) is 0 Å². The van der Waals surface area contributed by atoms with Gasteiger partial charge in [-0.05, 0) is 32.0 Å². The molecule has 4 nitrogen and oxygen atoms in total. The molecule has 0 fully saturated rings. The monoisotopic (exact) mass is 244 g/mol. The molecular formula is C14H20N4. The van der Waals surface area contributed by atoms with Crippen molar-refractivity contribution in [3.05, 3.63) is 41.5 Å². The van der Waals surface area contributed by atoms with Crippen molar-refractivity contribution >= 4 is 0 Å². The van der Waals surface area contributed by atoms with Crippen LogP contribution in [0.1, 0.15) is 30.8 Å². The van der Waals surface area contributed by atoms with Gasteiger partial charge in [0, 0.05) is 30.2 Å². The van der Waals surface area contributed by atoms with Gasteiger partial charge in [0.25, 0.3) is 0 Å². The van der Waals surface area contributed by atoms with Crippen LogP contribution in [0.25, 0.3) is 5.69 Å². The number of aryl methyl sites for hydroxylation is 1. The lowest BCUT2D eigenvalue weighted by Crippen LogP contribution is -2.09. The second kappa shape index (κ2) is 5.78. The molecule has 2 heterocycles.